The minimum atomic E-state index is -0.0820. The van der Waals surface area contributed by atoms with Gasteiger partial charge >= 0.3 is 0 Å². The maximum atomic E-state index is 11.7. The zero-order chi connectivity index (χ0) is 12.0. The largest absolute Gasteiger partial charge is 0.350 e. The molecule has 0 aliphatic carbocycles. The maximum absolute atomic E-state index is 11.7. The van der Waals surface area contributed by atoms with Gasteiger partial charge in [0.25, 0.3) is 5.91 Å². The van der Waals surface area contributed by atoms with Crippen molar-refractivity contribution in [3.05, 3.63) is 20.8 Å². The molecule has 0 radical (unpaired) electrons. The van der Waals surface area contributed by atoms with Crippen molar-refractivity contribution in [2.45, 2.75) is 20.3 Å². The third-order valence-corrected chi connectivity index (χ3v) is 3.82. The second-order valence-corrected chi connectivity index (χ2v) is 4.83. The van der Waals surface area contributed by atoms with Crippen LogP contribution in [-0.2, 0) is 0 Å². The van der Waals surface area contributed by atoms with Crippen LogP contribution in [0.3, 0.4) is 0 Å². The average molecular weight is 261 g/mol. The van der Waals surface area contributed by atoms with Crippen LogP contribution in [0.1, 0.15) is 28.6 Å². The zero-order valence-electron chi connectivity index (χ0n) is 9.60. The van der Waals surface area contributed by atoms with E-state index in [4.69, 9.17) is 11.6 Å². The molecule has 1 heterocycles. The summed E-state index contributed by atoms with van der Waals surface area (Å²) in [5, 5.41) is 8.52. The number of aryl methyl sites for hydroxylation is 1. The van der Waals surface area contributed by atoms with E-state index in [1.165, 1.54) is 11.3 Å². The smallest absolute Gasteiger partial charge is 0.262 e. The molecule has 90 valence electrons. The van der Waals surface area contributed by atoms with E-state index in [0.717, 1.165) is 25.1 Å². The number of hydrogen-bond donors (Lipinski definition) is 2. The molecule has 0 unspecified atom stereocenters. The van der Waals surface area contributed by atoms with Crippen LogP contribution in [-0.4, -0.2) is 25.5 Å². The Hall–Kier alpha value is -0.580. The molecule has 3 nitrogen and oxygen atoms in total. The van der Waals surface area contributed by atoms with E-state index >= 15 is 0 Å². The van der Waals surface area contributed by atoms with Gasteiger partial charge in [0.05, 0.1) is 5.02 Å². The highest BCUT2D eigenvalue weighted by molar-refractivity contribution is 7.13. The molecule has 0 saturated heterocycles. The first-order chi connectivity index (χ1) is 7.66. The molecule has 1 aromatic rings. The van der Waals surface area contributed by atoms with Gasteiger partial charge in [0.2, 0.25) is 0 Å². The summed E-state index contributed by atoms with van der Waals surface area (Å²) in [6.45, 7) is 6.42. The monoisotopic (exact) mass is 260 g/mol. The lowest BCUT2D eigenvalue weighted by Crippen LogP contribution is -2.31. The van der Waals surface area contributed by atoms with Crippen LogP contribution in [0.2, 0.25) is 5.02 Å². The fourth-order valence-electron chi connectivity index (χ4n) is 1.23. The van der Waals surface area contributed by atoms with Gasteiger partial charge in [-0.3, -0.25) is 4.79 Å². The van der Waals surface area contributed by atoms with Gasteiger partial charge in [-0.15, -0.1) is 11.3 Å². The summed E-state index contributed by atoms with van der Waals surface area (Å²) >= 11 is 7.39. The van der Waals surface area contributed by atoms with Gasteiger partial charge < -0.3 is 10.6 Å². The summed E-state index contributed by atoms with van der Waals surface area (Å²) in [6, 6.07) is 0. The Bertz CT molecular complexity index is 352. The maximum Gasteiger partial charge on any atom is 0.262 e. The van der Waals surface area contributed by atoms with Crippen molar-refractivity contribution in [2.75, 3.05) is 19.6 Å². The summed E-state index contributed by atoms with van der Waals surface area (Å²) in [4.78, 5) is 12.3. The molecule has 1 rings (SSSR count). The number of halogens is 1. The van der Waals surface area contributed by atoms with Crippen LogP contribution in [0, 0.1) is 6.92 Å². The van der Waals surface area contributed by atoms with Gasteiger partial charge in [0.15, 0.2) is 0 Å². The van der Waals surface area contributed by atoms with Crippen molar-refractivity contribution < 1.29 is 4.79 Å². The Morgan fingerprint density at radius 1 is 1.44 bits per heavy atom. The fourth-order valence-corrected chi connectivity index (χ4v) is 2.42. The van der Waals surface area contributed by atoms with Gasteiger partial charge in [0, 0.05) is 13.1 Å². The Balaban J connectivity index is 2.33. The van der Waals surface area contributed by atoms with E-state index < -0.39 is 0 Å². The summed E-state index contributed by atoms with van der Waals surface area (Å²) in [5.74, 6) is -0.0820. The van der Waals surface area contributed by atoms with Crippen molar-refractivity contribution in [2.24, 2.45) is 0 Å². The van der Waals surface area contributed by atoms with Crippen LogP contribution in [0.25, 0.3) is 0 Å². The van der Waals surface area contributed by atoms with Crippen molar-refractivity contribution in [1.29, 1.82) is 0 Å². The summed E-state index contributed by atoms with van der Waals surface area (Å²) in [7, 11) is 0. The van der Waals surface area contributed by atoms with E-state index in [1.807, 2.05) is 12.3 Å². The molecular weight excluding hydrogens is 244 g/mol. The second-order valence-electron chi connectivity index (χ2n) is 3.57. The highest BCUT2D eigenvalue weighted by Crippen LogP contribution is 2.26. The normalized spacial score (nSPS) is 10.4. The predicted molar refractivity (Wildman–Crippen MR) is 69.6 cm³/mol. The molecule has 2 N–H and O–H groups in total. The van der Waals surface area contributed by atoms with Gasteiger partial charge in [-0.25, -0.2) is 0 Å². The standard InChI is InChI=1S/C11H17ClN2OS/c1-3-4-13-5-6-14-11(15)10-9(12)8(2)7-16-10/h7,13H,3-6H2,1-2H3,(H,14,15). The Kier molecular flexibility index (Phi) is 5.80. The quantitative estimate of drug-likeness (QED) is 0.772. The molecular formula is C11H17ClN2OS. The van der Waals surface area contributed by atoms with Crippen LogP contribution in [0.4, 0.5) is 0 Å². The molecule has 0 aliphatic rings. The first-order valence-corrected chi connectivity index (χ1v) is 6.65. The number of carbonyl (C=O) groups is 1. The lowest BCUT2D eigenvalue weighted by molar-refractivity contribution is 0.0958. The number of rotatable bonds is 6. The molecule has 0 atom stereocenters. The van der Waals surface area contributed by atoms with Crippen LogP contribution >= 0.6 is 22.9 Å². The zero-order valence-corrected chi connectivity index (χ0v) is 11.2. The molecule has 1 aromatic heterocycles. The number of carbonyl (C=O) groups excluding carboxylic acids is 1. The van der Waals surface area contributed by atoms with Crippen molar-refractivity contribution >= 4 is 28.8 Å². The SMILES string of the molecule is CCCNCCNC(=O)c1scc(C)c1Cl. The third-order valence-electron chi connectivity index (χ3n) is 2.12. The highest BCUT2D eigenvalue weighted by Gasteiger charge is 2.13. The van der Waals surface area contributed by atoms with Gasteiger partial charge in [-0.05, 0) is 30.8 Å². The molecule has 0 aromatic carbocycles. The number of thiophene rings is 1. The molecule has 5 heteroatoms. The Labute approximate surface area is 105 Å². The number of hydrogen-bond acceptors (Lipinski definition) is 3. The van der Waals surface area contributed by atoms with E-state index in [2.05, 4.69) is 17.6 Å². The van der Waals surface area contributed by atoms with Crippen LogP contribution in [0.5, 0.6) is 0 Å². The minimum Gasteiger partial charge on any atom is -0.350 e. The van der Waals surface area contributed by atoms with E-state index in [0.29, 0.717) is 16.4 Å². The first-order valence-electron chi connectivity index (χ1n) is 5.39. The van der Waals surface area contributed by atoms with Crippen molar-refractivity contribution in [3.8, 4) is 0 Å². The number of amides is 1. The Morgan fingerprint density at radius 2 is 2.19 bits per heavy atom. The highest BCUT2D eigenvalue weighted by atomic mass is 35.5. The van der Waals surface area contributed by atoms with E-state index in [9.17, 15) is 4.79 Å². The molecule has 16 heavy (non-hydrogen) atoms. The van der Waals surface area contributed by atoms with Crippen LogP contribution < -0.4 is 10.6 Å². The summed E-state index contributed by atoms with van der Waals surface area (Å²) < 4.78 is 0. The minimum absolute atomic E-state index is 0.0820. The second kappa shape index (κ2) is 6.89. The first kappa shape index (κ1) is 13.5. The van der Waals surface area contributed by atoms with E-state index in [1.54, 1.807) is 0 Å². The van der Waals surface area contributed by atoms with Gasteiger partial charge in [-0.1, -0.05) is 18.5 Å². The Morgan fingerprint density at radius 3 is 2.75 bits per heavy atom. The van der Waals surface area contributed by atoms with E-state index in [-0.39, 0.29) is 5.91 Å². The molecule has 0 aliphatic heterocycles. The summed E-state index contributed by atoms with van der Waals surface area (Å²) in [6.07, 6.45) is 1.10. The number of nitrogens with one attached hydrogen (secondary N) is 2. The van der Waals surface area contributed by atoms with Crippen molar-refractivity contribution in [1.82, 2.24) is 10.6 Å². The molecule has 0 saturated carbocycles. The average Bonchev–Trinajstić information content (AvgIpc) is 2.59. The van der Waals surface area contributed by atoms with Crippen molar-refractivity contribution in [3.63, 3.8) is 0 Å². The fraction of sp³-hybridized carbons (Fsp3) is 0.545. The molecule has 0 bridgehead atoms. The molecule has 0 fully saturated rings. The topological polar surface area (TPSA) is 41.1 Å². The van der Waals surface area contributed by atoms with Gasteiger partial charge in [0.1, 0.15) is 4.88 Å². The van der Waals surface area contributed by atoms with Crippen LogP contribution in [0.15, 0.2) is 5.38 Å². The molecule has 0 spiro atoms. The molecule has 1 amide bonds. The van der Waals surface area contributed by atoms with Gasteiger partial charge in [-0.2, -0.15) is 0 Å². The summed E-state index contributed by atoms with van der Waals surface area (Å²) in [5.41, 5.74) is 0.959. The lowest BCUT2D eigenvalue weighted by atomic mass is 10.3. The predicted octanol–water partition coefficient (Wildman–Crippen LogP) is 2.44. The third kappa shape index (κ3) is 3.77. The lowest BCUT2D eigenvalue weighted by Gasteiger charge is -2.05.